The molecule has 0 aromatic rings. The molecule has 0 rings (SSSR count). The highest BCUT2D eigenvalue weighted by atomic mass is 19.4. The van der Waals surface area contributed by atoms with Crippen molar-refractivity contribution in [3.05, 3.63) is 0 Å². The van der Waals surface area contributed by atoms with Crippen molar-refractivity contribution in [2.45, 2.75) is 58.9 Å². The molecule has 0 saturated heterocycles. The minimum absolute atomic E-state index is 0.315. The van der Waals surface area contributed by atoms with E-state index in [9.17, 15) is 22.8 Å². The SMILES string of the molecule is CC(C)N(CCC(=O)C(F)(F)F)C(=O)OC(C)(C)C. The first-order valence-corrected chi connectivity index (χ1v) is 5.94. The lowest BCUT2D eigenvalue weighted by molar-refractivity contribution is -0.171. The van der Waals surface area contributed by atoms with Crippen LogP contribution in [-0.4, -0.2) is 41.1 Å². The van der Waals surface area contributed by atoms with Crippen LogP contribution in [0.4, 0.5) is 18.0 Å². The van der Waals surface area contributed by atoms with Gasteiger partial charge in [0.25, 0.3) is 0 Å². The van der Waals surface area contributed by atoms with E-state index in [1.165, 1.54) is 0 Å². The Morgan fingerprint density at radius 2 is 1.63 bits per heavy atom. The molecule has 4 nitrogen and oxygen atoms in total. The van der Waals surface area contributed by atoms with Gasteiger partial charge in [0.1, 0.15) is 5.60 Å². The van der Waals surface area contributed by atoms with E-state index >= 15 is 0 Å². The van der Waals surface area contributed by atoms with Gasteiger partial charge in [-0.25, -0.2) is 4.79 Å². The molecule has 0 spiro atoms. The van der Waals surface area contributed by atoms with E-state index in [1.54, 1.807) is 34.6 Å². The van der Waals surface area contributed by atoms with Crippen LogP contribution >= 0.6 is 0 Å². The lowest BCUT2D eigenvalue weighted by Gasteiger charge is -2.30. The summed E-state index contributed by atoms with van der Waals surface area (Å²) in [4.78, 5) is 23.7. The van der Waals surface area contributed by atoms with Crippen LogP contribution in [0.15, 0.2) is 0 Å². The largest absolute Gasteiger partial charge is 0.450 e. The van der Waals surface area contributed by atoms with Crippen molar-refractivity contribution in [1.29, 1.82) is 0 Å². The molecule has 1 amide bonds. The Kier molecular flexibility index (Phi) is 5.83. The molecule has 112 valence electrons. The molecule has 0 saturated carbocycles. The van der Waals surface area contributed by atoms with E-state index < -0.39 is 30.1 Å². The number of amides is 1. The van der Waals surface area contributed by atoms with E-state index in [0.29, 0.717) is 0 Å². The van der Waals surface area contributed by atoms with Gasteiger partial charge < -0.3 is 9.64 Å². The second-order valence-corrected chi connectivity index (χ2v) is 5.44. The van der Waals surface area contributed by atoms with Gasteiger partial charge in [0.05, 0.1) is 0 Å². The Morgan fingerprint density at radius 1 is 1.16 bits per heavy atom. The summed E-state index contributed by atoms with van der Waals surface area (Å²) < 4.78 is 41.3. The molecule has 19 heavy (non-hydrogen) atoms. The first-order chi connectivity index (χ1) is 8.34. The maximum Gasteiger partial charge on any atom is 0.450 e. The number of nitrogens with zero attached hydrogens (tertiary/aromatic N) is 1. The highest BCUT2D eigenvalue weighted by Crippen LogP contribution is 2.19. The minimum Gasteiger partial charge on any atom is -0.444 e. The third-order valence-corrected chi connectivity index (χ3v) is 2.15. The predicted octanol–water partition coefficient (Wildman–Crippen LogP) is 3.15. The van der Waals surface area contributed by atoms with Crippen LogP contribution in [0, 0.1) is 0 Å². The van der Waals surface area contributed by atoms with Crippen molar-refractivity contribution in [2.24, 2.45) is 0 Å². The molecule has 0 aliphatic heterocycles. The lowest BCUT2D eigenvalue weighted by Crippen LogP contribution is -2.42. The summed E-state index contributed by atoms with van der Waals surface area (Å²) in [6, 6.07) is -0.351. The van der Waals surface area contributed by atoms with Crippen molar-refractivity contribution in [2.75, 3.05) is 6.54 Å². The summed E-state index contributed by atoms with van der Waals surface area (Å²) >= 11 is 0. The van der Waals surface area contributed by atoms with Gasteiger partial charge in [-0.05, 0) is 34.6 Å². The monoisotopic (exact) mass is 283 g/mol. The maximum absolute atomic E-state index is 12.1. The van der Waals surface area contributed by atoms with Crippen LogP contribution < -0.4 is 0 Å². The van der Waals surface area contributed by atoms with E-state index in [-0.39, 0.29) is 12.6 Å². The molecular weight excluding hydrogens is 263 g/mol. The van der Waals surface area contributed by atoms with Gasteiger partial charge in [0.2, 0.25) is 5.78 Å². The normalized spacial score (nSPS) is 12.5. The quantitative estimate of drug-likeness (QED) is 0.796. The van der Waals surface area contributed by atoms with Crippen LogP contribution in [0.25, 0.3) is 0 Å². The van der Waals surface area contributed by atoms with Crippen LogP contribution in [-0.2, 0) is 9.53 Å². The number of halogens is 3. The Balaban J connectivity index is 4.60. The van der Waals surface area contributed by atoms with Gasteiger partial charge in [-0.1, -0.05) is 0 Å². The Labute approximate surface area is 110 Å². The highest BCUT2D eigenvalue weighted by molar-refractivity contribution is 5.84. The zero-order chi connectivity index (χ0) is 15.4. The molecule has 0 N–H and O–H groups in total. The van der Waals surface area contributed by atoms with Gasteiger partial charge in [0.15, 0.2) is 0 Å². The van der Waals surface area contributed by atoms with E-state index in [4.69, 9.17) is 4.74 Å². The zero-order valence-electron chi connectivity index (χ0n) is 11.8. The Hall–Kier alpha value is -1.27. The molecule has 7 heteroatoms. The van der Waals surface area contributed by atoms with Gasteiger partial charge in [-0.3, -0.25) is 4.79 Å². The summed E-state index contributed by atoms with van der Waals surface area (Å²) in [5.74, 6) is -1.85. The number of hydrogen-bond donors (Lipinski definition) is 0. The molecular formula is C12H20F3NO3. The molecule has 0 fully saturated rings. The number of alkyl halides is 3. The molecule has 0 heterocycles. The maximum atomic E-state index is 12.1. The third-order valence-electron chi connectivity index (χ3n) is 2.15. The van der Waals surface area contributed by atoms with Crippen LogP contribution in [0.1, 0.15) is 41.0 Å². The second kappa shape index (κ2) is 6.25. The van der Waals surface area contributed by atoms with Gasteiger partial charge in [-0.15, -0.1) is 0 Å². The first kappa shape index (κ1) is 17.7. The molecule has 0 bridgehead atoms. The number of carbonyl (C=O) groups is 2. The summed E-state index contributed by atoms with van der Waals surface area (Å²) in [6.45, 7) is 7.94. The van der Waals surface area contributed by atoms with Crippen molar-refractivity contribution in [3.8, 4) is 0 Å². The van der Waals surface area contributed by atoms with Crippen molar-refractivity contribution < 1.29 is 27.5 Å². The van der Waals surface area contributed by atoms with Crippen LogP contribution in [0.3, 0.4) is 0 Å². The number of rotatable bonds is 4. The number of carbonyl (C=O) groups excluding carboxylic acids is 2. The smallest absolute Gasteiger partial charge is 0.444 e. The molecule has 0 radical (unpaired) electrons. The van der Waals surface area contributed by atoms with Crippen LogP contribution in [0.5, 0.6) is 0 Å². The second-order valence-electron chi connectivity index (χ2n) is 5.44. The number of ketones is 1. The zero-order valence-corrected chi connectivity index (χ0v) is 11.8. The van der Waals surface area contributed by atoms with Crippen molar-refractivity contribution in [3.63, 3.8) is 0 Å². The Morgan fingerprint density at radius 3 is 1.95 bits per heavy atom. The fourth-order valence-corrected chi connectivity index (χ4v) is 1.24. The van der Waals surface area contributed by atoms with E-state index in [2.05, 4.69) is 0 Å². The predicted molar refractivity (Wildman–Crippen MR) is 63.8 cm³/mol. The molecule has 0 aliphatic carbocycles. The fourth-order valence-electron chi connectivity index (χ4n) is 1.24. The summed E-state index contributed by atoms with van der Waals surface area (Å²) in [6.07, 6.45) is -6.35. The van der Waals surface area contributed by atoms with E-state index in [1.807, 2.05) is 0 Å². The first-order valence-electron chi connectivity index (χ1n) is 5.94. The number of Topliss-reactive ketones (excluding diaryl/α,β-unsaturated/α-hetero) is 1. The average Bonchev–Trinajstić information content (AvgIpc) is 2.12. The molecule has 0 atom stereocenters. The molecule has 0 aliphatic rings. The lowest BCUT2D eigenvalue weighted by atomic mass is 10.2. The highest BCUT2D eigenvalue weighted by Gasteiger charge is 2.38. The van der Waals surface area contributed by atoms with Crippen molar-refractivity contribution >= 4 is 11.9 Å². The molecule has 0 aromatic heterocycles. The standard InChI is InChI=1S/C12H20F3NO3/c1-8(2)16(10(18)19-11(3,4)5)7-6-9(17)12(13,14)15/h8H,6-7H2,1-5H3. The summed E-state index contributed by atoms with van der Waals surface area (Å²) in [5, 5.41) is 0. The van der Waals surface area contributed by atoms with Gasteiger partial charge in [-0.2, -0.15) is 13.2 Å². The number of ether oxygens (including phenoxy) is 1. The van der Waals surface area contributed by atoms with Gasteiger partial charge >= 0.3 is 12.3 Å². The van der Waals surface area contributed by atoms with Crippen molar-refractivity contribution in [1.82, 2.24) is 4.90 Å². The molecule has 0 aromatic carbocycles. The van der Waals surface area contributed by atoms with Crippen LogP contribution in [0.2, 0.25) is 0 Å². The Bertz CT molecular complexity index is 332. The summed E-state index contributed by atoms with van der Waals surface area (Å²) in [5.41, 5.74) is -0.738. The summed E-state index contributed by atoms with van der Waals surface area (Å²) in [7, 11) is 0. The fraction of sp³-hybridized carbons (Fsp3) is 0.833. The number of hydrogen-bond acceptors (Lipinski definition) is 3. The van der Waals surface area contributed by atoms with E-state index in [0.717, 1.165) is 4.90 Å². The van der Waals surface area contributed by atoms with Gasteiger partial charge in [0, 0.05) is 19.0 Å². The average molecular weight is 283 g/mol. The molecule has 0 unspecified atom stereocenters. The topological polar surface area (TPSA) is 46.6 Å². The minimum atomic E-state index is -4.86. The third kappa shape index (κ3) is 7.03.